The molecule has 8 nitrogen and oxygen atoms in total. The minimum Gasteiger partial charge on any atom is -0.466 e. The number of ether oxygens (including phenoxy) is 2. The monoisotopic (exact) mass is 517 g/mol. The summed E-state index contributed by atoms with van der Waals surface area (Å²) in [5.41, 5.74) is 5.80. The molecule has 1 amide bonds. The number of hydrogen-bond donors (Lipinski definition) is 2. The van der Waals surface area contributed by atoms with Gasteiger partial charge in [0.1, 0.15) is 5.01 Å². The number of hydrogen-bond acceptors (Lipinski definition) is 8. The zero-order valence-electron chi connectivity index (χ0n) is 21.2. The summed E-state index contributed by atoms with van der Waals surface area (Å²) in [4.78, 5) is 42.0. The fourth-order valence-electron chi connectivity index (χ4n) is 4.47. The van der Waals surface area contributed by atoms with Crippen LogP contribution in [-0.2, 0) is 23.9 Å². The molecule has 0 fully saturated rings. The molecule has 0 radical (unpaired) electrons. The standard InChI is InChI=1S/C28H27N3O5S/c1-15-23(27(33)35-4)25(24(16(2)29-15)28(34)36-5)20-8-6-7-9-21(20)26-31-22(14-37-26)18-10-12-19(13-11-18)30-17(3)32/h6-14,25,29H,1-5H3,(H,30,32). The van der Waals surface area contributed by atoms with E-state index in [-0.39, 0.29) is 5.91 Å². The zero-order valence-corrected chi connectivity index (χ0v) is 22.0. The van der Waals surface area contributed by atoms with E-state index in [9.17, 15) is 14.4 Å². The Kier molecular flexibility index (Phi) is 7.54. The number of carbonyl (C=O) groups excluding carboxylic acids is 3. The van der Waals surface area contributed by atoms with Crippen molar-refractivity contribution in [2.24, 2.45) is 0 Å². The quantitative estimate of drug-likeness (QED) is 0.442. The number of amides is 1. The third-order valence-electron chi connectivity index (χ3n) is 6.08. The summed E-state index contributed by atoms with van der Waals surface area (Å²) >= 11 is 1.46. The smallest absolute Gasteiger partial charge is 0.336 e. The molecule has 4 rings (SSSR count). The topological polar surface area (TPSA) is 107 Å². The van der Waals surface area contributed by atoms with Crippen LogP contribution in [0.3, 0.4) is 0 Å². The van der Waals surface area contributed by atoms with Gasteiger partial charge in [-0.05, 0) is 31.5 Å². The molecule has 0 bridgehead atoms. The Hall–Kier alpha value is -4.24. The van der Waals surface area contributed by atoms with Crippen LogP contribution >= 0.6 is 11.3 Å². The van der Waals surface area contributed by atoms with E-state index < -0.39 is 17.9 Å². The molecular formula is C28H27N3O5S. The van der Waals surface area contributed by atoms with Crippen molar-refractivity contribution in [2.45, 2.75) is 26.7 Å². The van der Waals surface area contributed by atoms with Crippen molar-refractivity contribution >= 4 is 34.9 Å². The first kappa shape index (κ1) is 25.8. The number of aromatic nitrogens is 1. The van der Waals surface area contributed by atoms with E-state index in [0.29, 0.717) is 28.2 Å². The number of anilines is 1. The summed E-state index contributed by atoms with van der Waals surface area (Å²) in [6.45, 7) is 5.03. The van der Waals surface area contributed by atoms with Gasteiger partial charge in [0.05, 0.1) is 37.0 Å². The third kappa shape index (κ3) is 5.17. The van der Waals surface area contributed by atoms with Gasteiger partial charge < -0.3 is 20.1 Å². The summed E-state index contributed by atoms with van der Waals surface area (Å²) in [5, 5.41) is 8.57. The van der Waals surface area contributed by atoms with Gasteiger partial charge in [0.15, 0.2) is 0 Å². The van der Waals surface area contributed by atoms with E-state index in [1.807, 2.05) is 53.9 Å². The molecule has 0 unspecified atom stereocenters. The van der Waals surface area contributed by atoms with Crippen LogP contribution in [0, 0.1) is 0 Å². The first-order chi connectivity index (χ1) is 17.7. The minimum atomic E-state index is -0.707. The van der Waals surface area contributed by atoms with E-state index in [4.69, 9.17) is 14.5 Å². The highest BCUT2D eigenvalue weighted by molar-refractivity contribution is 7.13. The maximum Gasteiger partial charge on any atom is 0.336 e. The number of nitrogens with one attached hydrogen (secondary N) is 2. The number of benzene rings is 2. The average Bonchev–Trinajstić information content (AvgIpc) is 3.38. The fraction of sp³-hybridized carbons (Fsp3) is 0.214. The Morgan fingerprint density at radius 3 is 2.08 bits per heavy atom. The van der Waals surface area contributed by atoms with Crippen LogP contribution in [0.5, 0.6) is 0 Å². The fourth-order valence-corrected chi connectivity index (χ4v) is 5.34. The summed E-state index contributed by atoms with van der Waals surface area (Å²) in [6.07, 6.45) is 0. The highest BCUT2D eigenvalue weighted by atomic mass is 32.1. The molecule has 2 aromatic carbocycles. The van der Waals surface area contributed by atoms with Crippen LogP contribution in [-0.4, -0.2) is 37.0 Å². The highest BCUT2D eigenvalue weighted by Crippen LogP contribution is 2.43. The second kappa shape index (κ2) is 10.8. The predicted molar refractivity (Wildman–Crippen MR) is 143 cm³/mol. The first-order valence-corrected chi connectivity index (χ1v) is 12.4. The average molecular weight is 518 g/mol. The van der Waals surface area contributed by atoms with Crippen LogP contribution in [0.4, 0.5) is 5.69 Å². The molecule has 2 heterocycles. The molecule has 9 heteroatoms. The normalized spacial score (nSPS) is 13.8. The van der Waals surface area contributed by atoms with Crippen LogP contribution in [0.2, 0.25) is 0 Å². The Morgan fingerprint density at radius 1 is 0.919 bits per heavy atom. The van der Waals surface area contributed by atoms with Crippen molar-refractivity contribution in [1.82, 2.24) is 10.3 Å². The van der Waals surface area contributed by atoms with Crippen LogP contribution < -0.4 is 10.6 Å². The van der Waals surface area contributed by atoms with Gasteiger partial charge in [-0.15, -0.1) is 11.3 Å². The number of thiazole rings is 1. The lowest BCUT2D eigenvalue weighted by atomic mass is 9.78. The number of esters is 2. The van der Waals surface area contributed by atoms with Gasteiger partial charge in [0.25, 0.3) is 0 Å². The Labute approximate surface area is 219 Å². The maximum atomic E-state index is 12.9. The minimum absolute atomic E-state index is 0.135. The van der Waals surface area contributed by atoms with Gasteiger partial charge in [-0.3, -0.25) is 4.79 Å². The Bertz CT molecular complexity index is 1400. The second-order valence-corrected chi connectivity index (χ2v) is 9.36. The number of rotatable bonds is 6. The van der Waals surface area contributed by atoms with Gasteiger partial charge in [-0.1, -0.05) is 36.4 Å². The van der Waals surface area contributed by atoms with Crippen molar-refractivity contribution in [3.05, 3.63) is 82.0 Å². The number of allylic oxidation sites excluding steroid dienone is 2. The summed E-state index contributed by atoms with van der Waals surface area (Å²) in [5.74, 6) is -1.90. The van der Waals surface area contributed by atoms with Crippen molar-refractivity contribution in [3.8, 4) is 21.8 Å². The summed E-state index contributed by atoms with van der Waals surface area (Å²) < 4.78 is 10.2. The largest absolute Gasteiger partial charge is 0.466 e. The van der Waals surface area contributed by atoms with E-state index in [1.165, 1.54) is 32.5 Å². The lowest BCUT2D eigenvalue weighted by Gasteiger charge is -2.31. The molecule has 0 spiro atoms. The lowest BCUT2D eigenvalue weighted by molar-refractivity contribution is -0.137. The second-order valence-electron chi connectivity index (χ2n) is 8.50. The van der Waals surface area contributed by atoms with E-state index in [1.54, 1.807) is 13.8 Å². The Balaban J connectivity index is 1.81. The summed E-state index contributed by atoms with van der Waals surface area (Å²) in [7, 11) is 2.64. The number of nitrogens with zero attached hydrogens (tertiary/aromatic N) is 1. The number of dihydropyridines is 1. The summed E-state index contributed by atoms with van der Waals surface area (Å²) in [6, 6.07) is 15.0. The van der Waals surface area contributed by atoms with Gasteiger partial charge in [-0.25, -0.2) is 14.6 Å². The molecule has 1 aliphatic heterocycles. The lowest BCUT2D eigenvalue weighted by Crippen LogP contribution is -2.32. The number of methoxy groups -OCH3 is 2. The van der Waals surface area contributed by atoms with Crippen LogP contribution in [0.1, 0.15) is 32.3 Å². The molecule has 0 saturated carbocycles. The molecule has 3 aromatic rings. The van der Waals surface area contributed by atoms with Crippen molar-refractivity contribution in [2.75, 3.05) is 19.5 Å². The van der Waals surface area contributed by atoms with Crippen LogP contribution in [0.25, 0.3) is 21.8 Å². The molecule has 1 aliphatic rings. The molecule has 2 N–H and O–H groups in total. The predicted octanol–water partition coefficient (Wildman–Crippen LogP) is 5.02. The highest BCUT2D eigenvalue weighted by Gasteiger charge is 2.38. The van der Waals surface area contributed by atoms with Gasteiger partial charge >= 0.3 is 11.9 Å². The van der Waals surface area contributed by atoms with E-state index in [0.717, 1.165) is 27.4 Å². The first-order valence-electron chi connectivity index (χ1n) is 11.5. The maximum absolute atomic E-state index is 12.9. The van der Waals surface area contributed by atoms with Crippen LogP contribution in [0.15, 0.2) is 76.5 Å². The molecule has 190 valence electrons. The Morgan fingerprint density at radius 2 is 1.51 bits per heavy atom. The molecular weight excluding hydrogens is 490 g/mol. The van der Waals surface area contributed by atoms with Crippen molar-refractivity contribution in [1.29, 1.82) is 0 Å². The molecule has 0 saturated heterocycles. The van der Waals surface area contributed by atoms with Gasteiger partial charge in [0.2, 0.25) is 5.91 Å². The molecule has 0 atom stereocenters. The number of carbonyl (C=O) groups is 3. The zero-order chi connectivity index (χ0) is 26.7. The third-order valence-corrected chi connectivity index (χ3v) is 6.95. The van der Waals surface area contributed by atoms with E-state index in [2.05, 4.69) is 10.6 Å². The van der Waals surface area contributed by atoms with Crippen molar-refractivity contribution < 1.29 is 23.9 Å². The molecule has 0 aliphatic carbocycles. The van der Waals surface area contributed by atoms with Gasteiger partial charge in [-0.2, -0.15) is 0 Å². The van der Waals surface area contributed by atoms with E-state index >= 15 is 0 Å². The van der Waals surface area contributed by atoms with Crippen molar-refractivity contribution in [3.63, 3.8) is 0 Å². The molecule has 1 aromatic heterocycles. The van der Waals surface area contributed by atoms with Gasteiger partial charge in [0, 0.05) is 40.5 Å². The SMILES string of the molecule is COC(=O)C1=C(C)NC(C)=C(C(=O)OC)C1c1ccccc1-c1nc(-c2ccc(NC(C)=O)cc2)cs1. The molecule has 37 heavy (non-hydrogen) atoms.